The number of benzene rings is 2. The van der Waals surface area contributed by atoms with Crippen LogP contribution in [-0.4, -0.2) is 19.3 Å². The molecular formula is C18H10F3N5O3. The topological polar surface area (TPSA) is 94.6 Å². The van der Waals surface area contributed by atoms with Crippen LogP contribution in [0.2, 0.25) is 0 Å². The molecule has 8 nitrogen and oxygen atoms in total. The van der Waals surface area contributed by atoms with Crippen molar-refractivity contribution in [2.75, 3.05) is 5.32 Å². The van der Waals surface area contributed by atoms with Crippen molar-refractivity contribution in [3.8, 4) is 11.6 Å². The van der Waals surface area contributed by atoms with E-state index >= 15 is 0 Å². The van der Waals surface area contributed by atoms with Crippen LogP contribution in [0, 0.1) is 27.6 Å². The number of non-ortho nitro benzene ring substituents is 1. The second kappa shape index (κ2) is 7.11. The fourth-order valence-corrected chi connectivity index (χ4v) is 2.57. The SMILES string of the molecule is O=[N+]([O-])c1ccc(Nc2cn3ccnc3c(Oc3c(F)cc(F)cc3F)n2)cc1. The summed E-state index contributed by atoms with van der Waals surface area (Å²) in [4.78, 5) is 18.4. The van der Waals surface area contributed by atoms with Crippen molar-refractivity contribution in [1.82, 2.24) is 14.4 Å². The summed E-state index contributed by atoms with van der Waals surface area (Å²) in [6, 6.07) is 6.52. The molecule has 2 heterocycles. The van der Waals surface area contributed by atoms with E-state index in [1.54, 1.807) is 6.20 Å². The highest BCUT2D eigenvalue weighted by molar-refractivity contribution is 5.61. The number of anilines is 2. The number of hydrogen-bond donors (Lipinski definition) is 1. The van der Waals surface area contributed by atoms with Crippen molar-refractivity contribution in [3.63, 3.8) is 0 Å². The fourth-order valence-electron chi connectivity index (χ4n) is 2.57. The molecule has 0 aliphatic carbocycles. The van der Waals surface area contributed by atoms with E-state index in [0.29, 0.717) is 17.8 Å². The Bertz CT molecular complexity index is 1200. The van der Waals surface area contributed by atoms with E-state index < -0.39 is 28.1 Å². The molecule has 29 heavy (non-hydrogen) atoms. The lowest BCUT2D eigenvalue weighted by atomic mass is 10.3. The fraction of sp³-hybridized carbons (Fsp3) is 0. The van der Waals surface area contributed by atoms with Gasteiger partial charge in [-0.05, 0) is 12.1 Å². The van der Waals surface area contributed by atoms with Crippen LogP contribution in [0.25, 0.3) is 5.65 Å². The molecule has 0 fully saturated rings. The molecule has 0 radical (unpaired) electrons. The number of imidazole rings is 1. The number of ether oxygens (including phenoxy) is 1. The minimum Gasteiger partial charge on any atom is -0.430 e. The third-order valence-electron chi connectivity index (χ3n) is 3.86. The zero-order chi connectivity index (χ0) is 20.5. The molecule has 0 amide bonds. The lowest BCUT2D eigenvalue weighted by Crippen LogP contribution is -2.02. The van der Waals surface area contributed by atoms with Gasteiger partial charge in [0.05, 0.1) is 11.1 Å². The molecular weight excluding hydrogens is 391 g/mol. The Balaban J connectivity index is 1.70. The average Bonchev–Trinajstić information content (AvgIpc) is 3.13. The highest BCUT2D eigenvalue weighted by Crippen LogP contribution is 2.31. The van der Waals surface area contributed by atoms with Crippen LogP contribution >= 0.6 is 0 Å². The summed E-state index contributed by atoms with van der Waals surface area (Å²) in [5.41, 5.74) is 0.565. The number of aromatic nitrogens is 3. The van der Waals surface area contributed by atoms with Gasteiger partial charge in [0.1, 0.15) is 5.82 Å². The first-order chi connectivity index (χ1) is 13.9. The lowest BCUT2D eigenvalue weighted by molar-refractivity contribution is -0.384. The predicted octanol–water partition coefficient (Wildman–Crippen LogP) is 4.59. The van der Waals surface area contributed by atoms with E-state index in [9.17, 15) is 23.3 Å². The van der Waals surface area contributed by atoms with E-state index in [4.69, 9.17) is 4.74 Å². The van der Waals surface area contributed by atoms with Crippen LogP contribution < -0.4 is 10.1 Å². The van der Waals surface area contributed by atoms with Crippen molar-refractivity contribution in [2.45, 2.75) is 0 Å². The molecule has 0 aliphatic heterocycles. The van der Waals surface area contributed by atoms with E-state index in [-0.39, 0.29) is 23.0 Å². The molecule has 0 saturated heterocycles. The molecule has 2 aromatic heterocycles. The van der Waals surface area contributed by atoms with Gasteiger partial charge >= 0.3 is 0 Å². The van der Waals surface area contributed by atoms with Gasteiger partial charge in [0.15, 0.2) is 17.5 Å². The van der Waals surface area contributed by atoms with Gasteiger partial charge in [-0.25, -0.2) is 18.2 Å². The van der Waals surface area contributed by atoms with Gasteiger partial charge in [-0.2, -0.15) is 4.98 Å². The largest absolute Gasteiger partial charge is 0.430 e. The summed E-state index contributed by atoms with van der Waals surface area (Å²) >= 11 is 0. The molecule has 1 N–H and O–H groups in total. The Hall–Kier alpha value is -4.15. The van der Waals surface area contributed by atoms with Crippen LogP contribution in [0.5, 0.6) is 11.6 Å². The third-order valence-corrected chi connectivity index (χ3v) is 3.86. The highest BCUT2D eigenvalue weighted by atomic mass is 19.1. The number of hydrogen-bond acceptors (Lipinski definition) is 6. The molecule has 0 bridgehead atoms. The van der Waals surface area contributed by atoms with Gasteiger partial charge in [-0.3, -0.25) is 14.5 Å². The Labute approximate surface area is 160 Å². The van der Waals surface area contributed by atoms with Gasteiger partial charge in [0.25, 0.3) is 11.6 Å². The number of nitrogens with one attached hydrogen (secondary N) is 1. The van der Waals surface area contributed by atoms with E-state index in [1.165, 1.54) is 41.1 Å². The van der Waals surface area contributed by atoms with Gasteiger partial charge in [0.2, 0.25) is 11.4 Å². The first kappa shape index (κ1) is 18.2. The number of fused-ring (bicyclic) bond motifs is 1. The quantitative estimate of drug-likeness (QED) is 0.388. The molecule has 0 spiro atoms. The van der Waals surface area contributed by atoms with E-state index in [0.717, 1.165) is 0 Å². The Morgan fingerprint density at radius 2 is 1.79 bits per heavy atom. The first-order valence-electron chi connectivity index (χ1n) is 8.08. The lowest BCUT2D eigenvalue weighted by Gasteiger charge is -2.11. The smallest absolute Gasteiger partial charge is 0.269 e. The normalized spacial score (nSPS) is 10.9. The number of nitro benzene ring substituents is 1. The number of halogens is 3. The molecule has 4 rings (SSSR count). The molecule has 11 heteroatoms. The van der Waals surface area contributed by atoms with Crippen molar-refractivity contribution in [2.24, 2.45) is 0 Å². The first-order valence-corrected chi connectivity index (χ1v) is 8.08. The monoisotopic (exact) mass is 401 g/mol. The maximum absolute atomic E-state index is 13.9. The van der Waals surface area contributed by atoms with Crippen LogP contribution in [-0.2, 0) is 0 Å². The maximum Gasteiger partial charge on any atom is 0.269 e. The molecule has 0 atom stereocenters. The molecule has 0 unspecified atom stereocenters. The second-order valence-corrected chi connectivity index (χ2v) is 5.82. The molecule has 4 aromatic rings. The van der Waals surface area contributed by atoms with E-state index in [2.05, 4.69) is 15.3 Å². The summed E-state index contributed by atoms with van der Waals surface area (Å²) in [5.74, 6) is -4.39. The van der Waals surface area contributed by atoms with Gasteiger partial charge in [-0.15, -0.1) is 0 Å². The molecule has 2 aromatic carbocycles. The number of nitro groups is 1. The minimum absolute atomic E-state index is 0.0835. The molecule has 0 saturated carbocycles. The second-order valence-electron chi connectivity index (χ2n) is 5.82. The van der Waals surface area contributed by atoms with Crippen LogP contribution in [0.15, 0.2) is 55.0 Å². The summed E-state index contributed by atoms with van der Waals surface area (Å²) in [6.07, 6.45) is 4.52. The predicted molar refractivity (Wildman–Crippen MR) is 95.8 cm³/mol. The van der Waals surface area contributed by atoms with Gasteiger partial charge in [0, 0.05) is 42.3 Å². The average molecular weight is 401 g/mol. The van der Waals surface area contributed by atoms with Crippen molar-refractivity contribution in [1.29, 1.82) is 0 Å². The van der Waals surface area contributed by atoms with Gasteiger partial charge < -0.3 is 10.1 Å². The molecule has 146 valence electrons. The van der Waals surface area contributed by atoms with Crippen LogP contribution in [0.3, 0.4) is 0 Å². The van der Waals surface area contributed by atoms with Crippen molar-refractivity contribution < 1.29 is 22.8 Å². The standard InChI is InChI=1S/C18H10F3N5O3/c19-10-7-13(20)16(14(21)8-10)29-18-17-22-5-6-25(17)9-15(24-18)23-11-1-3-12(4-2-11)26(27)28/h1-9,23H. The summed E-state index contributed by atoms with van der Waals surface area (Å²) in [5, 5.41) is 13.6. The zero-order valence-electron chi connectivity index (χ0n) is 14.3. The zero-order valence-corrected chi connectivity index (χ0v) is 14.3. The Morgan fingerprint density at radius 1 is 1.10 bits per heavy atom. The Kier molecular flexibility index (Phi) is 4.47. The number of rotatable bonds is 5. The Morgan fingerprint density at radius 3 is 2.45 bits per heavy atom. The summed E-state index contributed by atoms with van der Waals surface area (Å²) in [7, 11) is 0. The highest BCUT2D eigenvalue weighted by Gasteiger charge is 2.18. The van der Waals surface area contributed by atoms with Crippen molar-refractivity contribution >= 4 is 22.8 Å². The van der Waals surface area contributed by atoms with Gasteiger partial charge in [-0.1, -0.05) is 0 Å². The molecule has 0 aliphatic rings. The van der Waals surface area contributed by atoms with Crippen molar-refractivity contribution in [3.05, 3.63) is 82.6 Å². The van der Waals surface area contributed by atoms with Crippen LogP contribution in [0.1, 0.15) is 0 Å². The third kappa shape index (κ3) is 3.65. The summed E-state index contributed by atoms with van der Waals surface area (Å²) < 4.78 is 47.8. The minimum atomic E-state index is -1.23. The maximum atomic E-state index is 13.9. The van der Waals surface area contributed by atoms with E-state index in [1.807, 2.05) is 0 Å². The van der Waals surface area contributed by atoms with Crippen LogP contribution in [0.4, 0.5) is 30.4 Å². The number of nitrogens with zero attached hydrogens (tertiary/aromatic N) is 4. The summed E-state index contributed by atoms with van der Waals surface area (Å²) in [6.45, 7) is 0.